The Kier molecular flexibility index (Phi) is 2.19. The number of hydrogen-bond donors (Lipinski definition) is 1. The van der Waals surface area contributed by atoms with Crippen LogP contribution >= 0.6 is 0 Å². The summed E-state index contributed by atoms with van der Waals surface area (Å²) < 4.78 is 4.39. The minimum absolute atomic E-state index is 0.0995. The summed E-state index contributed by atoms with van der Waals surface area (Å²) in [6.45, 7) is 3.48. The molecule has 0 spiro atoms. The highest BCUT2D eigenvalue weighted by Gasteiger charge is 1.94. The number of hydrogen-bond acceptors (Lipinski definition) is 2. The van der Waals surface area contributed by atoms with Gasteiger partial charge in [0, 0.05) is 0 Å². The third-order valence-corrected chi connectivity index (χ3v) is 0.352. The molecule has 0 aromatic rings. The van der Waals surface area contributed by atoms with Gasteiger partial charge in [-0.2, -0.15) is 0 Å². The smallest absolute Gasteiger partial charge is 0.404 e. The van der Waals surface area contributed by atoms with Crippen LogP contribution in [0.15, 0.2) is 0 Å². The van der Waals surface area contributed by atoms with Crippen molar-refractivity contribution in [2.45, 2.75) is 20.0 Å². The predicted molar refractivity (Wildman–Crippen MR) is 25.8 cm³/mol. The van der Waals surface area contributed by atoms with E-state index in [1.807, 2.05) is 0 Å². The molecule has 0 aromatic carbocycles. The first kappa shape index (κ1) is 6.27. The zero-order valence-electron chi connectivity index (χ0n) is 4.47. The molecule has 7 heavy (non-hydrogen) atoms. The summed E-state index contributed by atoms with van der Waals surface area (Å²) >= 11 is 0. The van der Waals surface area contributed by atoms with Crippen molar-refractivity contribution in [1.29, 1.82) is 0 Å². The normalized spacial score (nSPS) is 9.00. The fraction of sp³-hybridized carbons (Fsp3) is 0.750. The maximum Gasteiger partial charge on any atom is 0.404 e. The van der Waals surface area contributed by atoms with Gasteiger partial charge in [0.15, 0.2) is 0 Å². The number of nitrogens with two attached hydrogens (primary N) is 1. The van der Waals surface area contributed by atoms with Crippen molar-refractivity contribution in [1.82, 2.24) is 0 Å². The van der Waals surface area contributed by atoms with Gasteiger partial charge in [-0.1, -0.05) is 0 Å². The summed E-state index contributed by atoms with van der Waals surface area (Å²) in [5.74, 6) is 0. The second-order valence-electron chi connectivity index (χ2n) is 1.49. The van der Waals surface area contributed by atoms with E-state index in [1.54, 1.807) is 13.8 Å². The van der Waals surface area contributed by atoms with E-state index in [9.17, 15) is 4.79 Å². The lowest BCUT2D eigenvalue weighted by Gasteiger charge is -2.01. The molecular weight excluding hydrogens is 94.0 g/mol. The number of primary amides is 1. The molecule has 3 heteroatoms. The lowest BCUT2D eigenvalue weighted by Crippen LogP contribution is -2.17. The monoisotopic (exact) mass is 103 g/mol. The number of amides is 1. The van der Waals surface area contributed by atoms with Gasteiger partial charge in [0.05, 0.1) is 6.10 Å². The lowest BCUT2D eigenvalue weighted by atomic mass is 10.5. The highest BCUT2D eigenvalue weighted by Crippen LogP contribution is 1.83. The zero-order chi connectivity index (χ0) is 5.86. The van der Waals surface area contributed by atoms with Gasteiger partial charge in [-0.05, 0) is 13.8 Å². The van der Waals surface area contributed by atoms with Crippen molar-refractivity contribution >= 4 is 6.09 Å². The van der Waals surface area contributed by atoms with Crippen LogP contribution < -0.4 is 5.73 Å². The van der Waals surface area contributed by atoms with Crippen LogP contribution in [-0.2, 0) is 4.74 Å². The van der Waals surface area contributed by atoms with E-state index in [2.05, 4.69) is 10.5 Å². The molecule has 0 radical (unpaired) electrons. The average Bonchev–Trinajstić information content (AvgIpc) is 1.27. The van der Waals surface area contributed by atoms with Gasteiger partial charge in [0.2, 0.25) is 0 Å². The second kappa shape index (κ2) is 2.44. The van der Waals surface area contributed by atoms with E-state index >= 15 is 0 Å². The van der Waals surface area contributed by atoms with Crippen molar-refractivity contribution in [3.63, 3.8) is 0 Å². The molecule has 0 saturated carbocycles. The zero-order valence-corrected chi connectivity index (χ0v) is 4.47. The van der Waals surface area contributed by atoms with Crippen molar-refractivity contribution in [3.05, 3.63) is 0 Å². The Morgan fingerprint density at radius 1 is 1.71 bits per heavy atom. The fourth-order valence-corrected chi connectivity index (χ4v) is 0.232. The topological polar surface area (TPSA) is 52.3 Å². The van der Waals surface area contributed by atoms with Gasteiger partial charge in [-0.15, -0.1) is 0 Å². The average molecular weight is 103 g/mol. The van der Waals surface area contributed by atoms with E-state index in [4.69, 9.17) is 0 Å². The quantitative estimate of drug-likeness (QED) is 0.525. The van der Waals surface area contributed by atoms with Crippen molar-refractivity contribution in [2.75, 3.05) is 0 Å². The molecule has 0 saturated heterocycles. The fourth-order valence-electron chi connectivity index (χ4n) is 0.232. The summed E-state index contributed by atoms with van der Waals surface area (Å²) in [5, 5.41) is 0. The van der Waals surface area contributed by atoms with Gasteiger partial charge in [0.1, 0.15) is 0 Å². The lowest BCUT2D eigenvalue weighted by molar-refractivity contribution is 0.125. The number of ether oxygens (including phenoxy) is 1. The SMILES string of the molecule is CC(C)OC(N)=O. The molecule has 0 aromatic heterocycles. The molecule has 3 nitrogen and oxygen atoms in total. The van der Waals surface area contributed by atoms with Gasteiger partial charge >= 0.3 is 6.09 Å². The van der Waals surface area contributed by atoms with Crippen LogP contribution in [0, 0.1) is 0 Å². The molecular formula is C4H9NO2. The highest BCUT2D eigenvalue weighted by molar-refractivity contribution is 5.64. The van der Waals surface area contributed by atoms with E-state index < -0.39 is 6.09 Å². The predicted octanol–water partition coefficient (Wildman–Crippen LogP) is 0.490. The molecule has 0 atom stereocenters. The van der Waals surface area contributed by atoms with Crippen LogP contribution in [0.1, 0.15) is 13.8 Å². The second-order valence-corrected chi connectivity index (χ2v) is 1.49. The van der Waals surface area contributed by atoms with E-state index in [-0.39, 0.29) is 6.10 Å². The minimum Gasteiger partial charge on any atom is -0.447 e. The Morgan fingerprint density at radius 2 is 2.14 bits per heavy atom. The first-order valence-electron chi connectivity index (χ1n) is 2.09. The molecule has 0 rings (SSSR count). The first-order chi connectivity index (χ1) is 3.13. The molecule has 0 heterocycles. The molecule has 0 aliphatic heterocycles. The third kappa shape index (κ3) is 5.27. The highest BCUT2D eigenvalue weighted by atomic mass is 16.6. The molecule has 2 N–H and O–H groups in total. The van der Waals surface area contributed by atoms with Crippen LogP contribution in [0.25, 0.3) is 0 Å². The molecule has 0 unspecified atom stereocenters. The number of carbonyl (C=O) groups is 1. The maximum atomic E-state index is 9.81. The summed E-state index contributed by atoms with van der Waals surface area (Å²) in [5.41, 5.74) is 4.63. The summed E-state index contributed by atoms with van der Waals surface area (Å²) in [7, 11) is 0. The van der Waals surface area contributed by atoms with E-state index in [0.717, 1.165) is 0 Å². The van der Waals surface area contributed by atoms with Crippen LogP contribution in [0.3, 0.4) is 0 Å². The Labute approximate surface area is 42.4 Å². The van der Waals surface area contributed by atoms with Gasteiger partial charge in [-0.3, -0.25) is 0 Å². The largest absolute Gasteiger partial charge is 0.447 e. The molecule has 0 aliphatic carbocycles. The molecule has 42 valence electrons. The maximum absolute atomic E-state index is 9.81. The standard InChI is InChI=1S/C4H9NO2/c1-3(2)7-4(5)6/h3H,1-2H3,(H2,5,6). The van der Waals surface area contributed by atoms with Crippen LogP contribution in [0.2, 0.25) is 0 Å². The Balaban J connectivity index is 3.13. The first-order valence-corrected chi connectivity index (χ1v) is 2.09. The Hall–Kier alpha value is -0.730. The number of carbonyl (C=O) groups excluding carboxylic acids is 1. The summed E-state index contributed by atoms with van der Waals surface area (Å²) in [6, 6.07) is 0. The summed E-state index contributed by atoms with van der Waals surface area (Å²) in [6.07, 6.45) is -0.813. The molecule has 1 amide bonds. The van der Waals surface area contributed by atoms with Gasteiger partial charge in [-0.25, -0.2) is 4.79 Å². The van der Waals surface area contributed by atoms with Crippen molar-refractivity contribution in [3.8, 4) is 0 Å². The number of rotatable bonds is 1. The van der Waals surface area contributed by atoms with E-state index in [0.29, 0.717) is 0 Å². The molecule has 0 fully saturated rings. The molecule has 0 bridgehead atoms. The van der Waals surface area contributed by atoms with Gasteiger partial charge in [0.25, 0.3) is 0 Å². The minimum atomic E-state index is -0.713. The molecule has 0 aliphatic rings. The Morgan fingerprint density at radius 3 is 2.14 bits per heavy atom. The summed E-state index contributed by atoms with van der Waals surface area (Å²) in [4.78, 5) is 9.81. The van der Waals surface area contributed by atoms with Crippen LogP contribution in [0.5, 0.6) is 0 Å². The van der Waals surface area contributed by atoms with Crippen LogP contribution in [-0.4, -0.2) is 12.2 Å². The third-order valence-electron chi connectivity index (χ3n) is 0.352. The van der Waals surface area contributed by atoms with E-state index in [1.165, 1.54) is 0 Å². The van der Waals surface area contributed by atoms with Crippen molar-refractivity contribution < 1.29 is 9.53 Å². The van der Waals surface area contributed by atoms with Gasteiger partial charge < -0.3 is 10.5 Å². The van der Waals surface area contributed by atoms with Crippen LogP contribution in [0.4, 0.5) is 4.79 Å². The Bertz CT molecular complexity index is 70.1. The van der Waals surface area contributed by atoms with Crippen molar-refractivity contribution in [2.24, 2.45) is 5.73 Å².